The summed E-state index contributed by atoms with van der Waals surface area (Å²) < 4.78 is 5.69. The van der Waals surface area contributed by atoms with E-state index in [1.807, 2.05) is 38.1 Å². The van der Waals surface area contributed by atoms with Gasteiger partial charge in [0.25, 0.3) is 0 Å². The van der Waals surface area contributed by atoms with Gasteiger partial charge in [0.05, 0.1) is 0 Å². The van der Waals surface area contributed by atoms with Gasteiger partial charge in [-0.05, 0) is 75.3 Å². The smallest absolute Gasteiger partial charge is 0.408 e. The minimum Gasteiger partial charge on any atom is -0.480 e. The minimum absolute atomic E-state index is 0.194. The number of carbonyl (C=O) groups excluding carboxylic acids is 1. The van der Waals surface area contributed by atoms with Crippen molar-refractivity contribution in [3.05, 3.63) is 36.0 Å². The second kappa shape index (κ2) is 9.55. The highest BCUT2D eigenvalue weighted by Gasteiger charge is 2.33. The van der Waals surface area contributed by atoms with Gasteiger partial charge in [0.2, 0.25) is 0 Å². The van der Waals surface area contributed by atoms with Crippen molar-refractivity contribution in [1.29, 1.82) is 0 Å². The number of ether oxygens (including phenoxy) is 1. The van der Waals surface area contributed by atoms with E-state index in [9.17, 15) is 14.7 Å². The molecule has 1 heterocycles. The molecule has 2 aliphatic carbocycles. The number of H-pyrrole nitrogens is 1. The van der Waals surface area contributed by atoms with Gasteiger partial charge >= 0.3 is 12.1 Å². The highest BCUT2D eigenvalue weighted by atomic mass is 16.6. The molecule has 0 saturated heterocycles. The van der Waals surface area contributed by atoms with Crippen LogP contribution in [0.25, 0.3) is 10.9 Å². The van der Waals surface area contributed by atoms with Gasteiger partial charge in [-0.2, -0.15) is 0 Å². The Kier molecular flexibility index (Phi) is 6.77. The Balaban J connectivity index is 1.29. The number of aromatic amines is 1. The summed E-state index contributed by atoms with van der Waals surface area (Å²) in [6, 6.07) is 6.68. The van der Waals surface area contributed by atoms with Crippen molar-refractivity contribution in [2.75, 3.05) is 0 Å². The Morgan fingerprint density at radius 2 is 1.91 bits per heavy atom. The Bertz CT molecular complexity index is 938. The fourth-order valence-electron chi connectivity index (χ4n) is 5.85. The number of nitrogens with one attached hydrogen (secondary N) is 2. The number of carboxylic acids is 1. The first-order valence-corrected chi connectivity index (χ1v) is 12.1. The van der Waals surface area contributed by atoms with Crippen LogP contribution in [0.5, 0.6) is 0 Å². The zero-order valence-electron chi connectivity index (χ0n) is 19.2. The van der Waals surface area contributed by atoms with Gasteiger partial charge in [-0.1, -0.05) is 37.5 Å². The van der Waals surface area contributed by atoms with Crippen LogP contribution in [0.2, 0.25) is 0 Å². The van der Waals surface area contributed by atoms with Crippen LogP contribution in [0, 0.1) is 17.8 Å². The maximum Gasteiger partial charge on any atom is 0.408 e. The molecular formula is C26H36N2O4. The number of aliphatic carboxylic acids is 1. The molecule has 2 saturated carbocycles. The molecule has 2 aromatic rings. The number of fused-ring (bicyclic) bond motifs is 3. The fraction of sp³-hybridized carbons (Fsp3) is 0.615. The Morgan fingerprint density at radius 3 is 2.62 bits per heavy atom. The molecule has 6 nitrogen and oxygen atoms in total. The van der Waals surface area contributed by atoms with Crippen molar-refractivity contribution in [2.24, 2.45) is 17.8 Å². The average Bonchev–Trinajstić information content (AvgIpc) is 3.14. The molecule has 0 spiro atoms. The molecule has 6 heteroatoms. The third-order valence-electron chi connectivity index (χ3n) is 7.44. The largest absolute Gasteiger partial charge is 0.480 e. The molecule has 0 radical (unpaired) electrons. The van der Waals surface area contributed by atoms with Crippen molar-refractivity contribution < 1.29 is 19.4 Å². The van der Waals surface area contributed by atoms with E-state index in [1.54, 1.807) is 6.20 Å². The van der Waals surface area contributed by atoms with Crippen LogP contribution in [-0.4, -0.2) is 33.8 Å². The molecule has 0 unspecified atom stereocenters. The molecule has 3 N–H and O–H groups in total. The van der Waals surface area contributed by atoms with Crippen molar-refractivity contribution in [3.63, 3.8) is 0 Å². The van der Waals surface area contributed by atoms with Crippen molar-refractivity contribution >= 4 is 23.0 Å². The third kappa shape index (κ3) is 5.64. The summed E-state index contributed by atoms with van der Waals surface area (Å²) >= 11 is 0. The summed E-state index contributed by atoms with van der Waals surface area (Å²) in [5, 5.41) is 13.2. The van der Waals surface area contributed by atoms with Crippen LogP contribution in [0.4, 0.5) is 4.79 Å². The van der Waals surface area contributed by atoms with Gasteiger partial charge < -0.3 is 20.1 Å². The van der Waals surface area contributed by atoms with E-state index in [-0.39, 0.29) is 6.42 Å². The monoisotopic (exact) mass is 440 g/mol. The van der Waals surface area contributed by atoms with E-state index < -0.39 is 23.7 Å². The van der Waals surface area contributed by atoms with E-state index >= 15 is 0 Å². The van der Waals surface area contributed by atoms with Gasteiger partial charge in [-0.25, -0.2) is 9.59 Å². The Labute approximate surface area is 190 Å². The van der Waals surface area contributed by atoms with Crippen LogP contribution in [0.1, 0.15) is 70.8 Å². The maximum absolute atomic E-state index is 12.6. The minimum atomic E-state index is -1.07. The van der Waals surface area contributed by atoms with Gasteiger partial charge in [0.15, 0.2) is 0 Å². The summed E-state index contributed by atoms with van der Waals surface area (Å²) in [6.45, 7) is 3.84. The number of carbonyl (C=O) groups is 2. The molecule has 4 rings (SSSR count). The first kappa shape index (κ1) is 22.7. The summed E-state index contributed by atoms with van der Waals surface area (Å²) in [6.07, 6.45) is 11.4. The third-order valence-corrected chi connectivity index (χ3v) is 7.44. The molecule has 3 atom stereocenters. The summed E-state index contributed by atoms with van der Waals surface area (Å²) in [5.41, 5.74) is 1.18. The predicted octanol–water partition coefficient (Wildman–Crippen LogP) is 5.67. The highest BCUT2D eigenvalue weighted by Crippen LogP contribution is 2.44. The van der Waals surface area contributed by atoms with Crippen LogP contribution in [-0.2, 0) is 16.0 Å². The number of rotatable bonds is 8. The first-order valence-electron chi connectivity index (χ1n) is 12.1. The van der Waals surface area contributed by atoms with Gasteiger partial charge in [0.1, 0.15) is 11.6 Å². The number of hydrogen-bond donors (Lipinski definition) is 3. The summed E-state index contributed by atoms with van der Waals surface area (Å²) in [4.78, 5) is 27.5. The van der Waals surface area contributed by atoms with Crippen LogP contribution >= 0.6 is 0 Å². The van der Waals surface area contributed by atoms with Crippen LogP contribution in [0.3, 0.4) is 0 Å². The topological polar surface area (TPSA) is 91.4 Å². The lowest BCUT2D eigenvalue weighted by molar-refractivity contribution is -0.139. The molecule has 1 amide bonds. The number of hydrogen-bond acceptors (Lipinski definition) is 3. The molecule has 174 valence electrons. The zero-order chi connectivity index (χ0) is 22.7. The fourth-order valence-corrected chi connectivity index (χ4v) is 5.85. The molecule has 1 aromatic carbocycles. The maximum atomic E-state index is 12.6. The number of aromatic nitrogens is 1. The SMILES string of the molecule is CC(C)(CCC1C[C@@H]2CCC[C@@H](C1)C2)OC(=O)N[C@@H](Cc1c[nH]c2ccccc12)C(=O)O. The average molecular weight is 441 g/mol. The zero-order valence-corrected chi connectivity index (χ0v) is 19.2. The van der Waals surface area contributed by atoms with E-state index in [2.05, 4.69) is 10.3 Å². The lowest BCUT2D eigenvalue weighted by Gasteiger charge is -2.40. The van der Waals surface area contributed by atoms with Crippen LogP contribution in [0.15, 0.2) is 30.5 Å². The second-order valence-electron chi connectivity index (χ2n) is 10.5. The quantitative estimate of drug-likeness (QED) is 0.493. The van der Waals surface area contributed by atoms with E-state index in [1.165, 1.54) is 38.5 Å². The van der Waals surface area contributed by atoms with E-state index in [0.717, 1.165) is 47.1 Å². The lowest BCUT2D eigenvalue weighted by Crippen LogP contribution is -2.45. The number of amides is 1. The molecule has 0 aliphatic heterocycles. The van der Waals surface area contributed by atoms with Gasteiger partial charge in [-0.15, -0.1) is 0 Å². The number of para-hydroxylation sites is 1. The normalized spacial score (nSPS) is 24.1. The van der Waals surface area contributed by atoms with Gasteiger partial charge in [-0.3, -0.25) is 0 Å². The molecular weight excluding hydrogens is 404 g/mol. The lowest BCUT2D eigenvalue weighted by atomic mass is 9.67. The standard InChI is InChI=1S/C26H36N2O4/c1-26(2,11-10-19-13-17-6-5-7-18(12-17)14-19)32-25(31)28-23(24(29)30)15-20-16-27-22-9-4-3-8-21(20)22/h3-4,8-9,16-19,23,27H,5-7,10-15H2,1-2H3,(H,28,31)(H,29,30)/t17-,18-,23+/m1/s1. The molecule has 2 aliphatic rings. The highest BCUT2D eigenvalue weighted by molar-refractivity contribution is 5.85. The van der Waals surface area contributed by atoms with E-state index in [0.29, 0.717) is 0 Å². The number of benzene rings is 1. The Hall–Kier alpha value is -2.50. The molecule has 32 heavy (non-hydrogen) atoms. The Morgan fingerprint density at radius 1 is 1.19 bits per heavy atom. The van der Waals surface area contributed by atoms with Gasteiger partial charge in [0, 0.05) is 23.5 Å². The molecule has 1 aromatic heterocycles. The second-order valence-corrected chi connectivity index (χ2v) is 10.5. The molecule has 2 fully saturated rings. The van der Waals surface area contributed by atoms with Crippen molar-refractivity contribution in [1.82, 2.24) is 10.3 Å². The van der Waals surface area contributed by atoms with Crippen molar-refractivity contribution in [2.45, 2.75) is 83.3 Å². The number of carboxylic acid groups (broad SMARTS) is 1. The summed E-state index contributed by atoms with van der Waals surface area (Å²) in [7, 11) is 0. The van der Waals surface area contributed by atoms with Crippen LogP contribution < -0.4 is 5.32 Å². The molecule has 2 bridgehead atoms. The predicted molar refractivity (Wildman–Crippen MR) is 125 cm³/mol. The van der Waals surface area contributed by atoms with Crippen molar-refractivity contribution in [3.8, 4) is 0 Å². The number of alkyl carbamates (subject to hydrolysis) is 1. The summed E-state index contributed by atoms with van der Waals surface area (Å²) in [5.74, 6) is 1.43. The first-order chi connectivity index (χ1) is 15.3. The van der Waals surface area contributed by atoms with E-state index in [4.69, 9.17) is 4.74 Å².